The lowest BCUT2D eigenvalue weighted by Crippen LogP contribution is -2.35. The number of phenols is 2. The summed E-state index contributed by atoms with van der Waals surface area (Å²) in [6.07, 6.45) is 4.43. The lowest BCUT2D eigenvalue weighted by Gasteiger charge is -2.25. The Bertz CT molecular complexity index is 1120. The van der Waals surface area contributed by atoms with Crippen LogP contribution in [0.1, 0.15) is 19.3 Å². The maximum atomic E-state index is 12.8. The van der Waals surface area contributed by atoms with Crippen molar-refractivity contribution in [3.05, 3.63) is 42.6 Å². The molecule has 1 aliphatic heterocycles. The third-order valence-electron chi connectivity index (χ3n) is 4.63. The predicted molar refractivity (Wildman–Crippen MR) is 111 cm³/mol. The predicted octanol–water partition coefficient (Wildman–Crippen LogP) is 3.53. The van der Waals surface area contributed by atoms with E-state index in [0.717, 1.165) is 24.1 Å². The van der Waals surface area contributed by atoms with Crippen LogP contribution in [0.3, 0.4) is 0 Å². The van der Waals surface area contributed by atoms with Gasteiger partial charge in [-0.1, -0.05) is 6.42 Å². The molecule has 1 saturated heterocycles. The van der Waals surface area contributed by atoms with Gasteiger partial charge in [-0.05, 0) is 43.2 Å². The number of thiophene rings is 1. The van der Waals surface area contributed by atoms with Crippen LogP contribution >= 0.6 is 11.3 Å². The average molecular weight is 433 g/mol. The minimum Gasteiger partial charge on any atom is -0.504 e. The Morgan fingerprint density at radius 3 is 2.55 bits per heavy atom. The third kappa shape index (κ3) is 4.19. The fourth-order valence-corrected chi connectivity index (χ4v) is 6.06. The van der Waals surface area contributed by atoms with Crippen molar-refractivity contribution in [1.29, 1.82) is 0 Å². The van der Waals surface area contributed by atoms with Crippen LogP contribution in [0.25, 0.3) is 10.6 Å². The Kier molecular flexibility index (Phi) is 5.39. The van der Waals surface area contributed by atoms with Gasteiger partial charge in [0.15, 0.2) is 11.5 Å². The first kappa shape index (κ1) is 19.6. The van der Waals surface area contributed by atoms with E-state index in [1.165, 1.54) is 23.5 Å². The zero-order chi connectivity index (χ0) is 20.4. The molecule has 1 aromatic carbocycles. The molecule has 0 spiro atoms. The number of rotatable bonds is 5. The first-order valence-corrected chi connectivity index (χ1v) is 11.4. The SMILES string of the molecule is O=S(=O)(c1ccc(-c2ccnc(Nc3ccc(O)c(O)c3)n2)s1)N1CCCCC1. The monoisotopic (exact) mass is 432 g/mol. The highest BCUT2D eigenvalue weighted by Gasteiger charge is 2.27. The summed E-state index contributed by atoms with van der Waals surface area (Å²) in [6.45, 7) is 1.13. The maximum Gasteiger partial charge on any atom is 0.252 e. The van der Waals surface area contributed by atoms with E-state index < -0.39 is 10.0 Å². The molecular weight excluding hydrogens is 412 g/mol. The van der Waals surface area contributed by atoms with Gasteiger partial charge < -0.3 is 15.5 Å². The Labute approximate surface area is 172 Å². The molecule has 1 fully saturated rings. The molecule has 0 bridgehead atoms. The fraction of sp³-hybridized carbons (Fsp3) is 0.263. The van der Waals surface area contributed by atoms with Crippen LogP contribution in [0.4, 0.5) is 11.6 Å². The molecular formula is C19H20N4O4S2. The quantitative estimate of drug-likeness (QED) is 0.417. The Balaban J connectivity index is 1.56. The van der Waals surface area contributed by atoms with E-state index in [2.05, 4.69) is 15.3 Å². The maximum absolute atomic E-state index is 12.8. The molecule has 10 heteroatoms. The summed E-state index contributed by atoms with van der Waals surface area (Å²) in [5.41, 5.74) is 1.10. The molecule has 0 amide bonds. The van der Waals surface area contributed by atoms with E-state index in [9.17, 15) is 18.6 Å². The number of hydrogen-bond donors (Lipinski definition) is 3. The normalized spacial score (nSPS) is 15.3. The number of anilines is 2. The summed E-state index contributed by atoms with van der Waals surface area (Å²) in [4.78, 5) is 9.31. The first-order valence-electron chi connectivity index (χ1n) is 9.16. The van der Waals surface area contributed by atoms with Crippen LogP contribution in [-0.4, -0.2) is 46.0 Å². The molecule has 8 nitrogen and oxygen atoms in total. The molecule has 0 radical (unpaired) electrons. The van der Waals surface area contributed by atoms with Crippen LogP contribution in [0, 0.1) is 0 Å². The molecule has 3 N–H and O–H groups in total. The van der Waals surface area contributed by atoms with E-state index in [1.54, 1.807) is 34.8 Å². The second kappa shape index (κ2) is 7.97. The van der Waals surface area contributed by atoms with Crippen molar-refractivity contribution in [3.8, 4) is 22.1 Å². The topological polar surface area (TPSA) is 116 Å². The van der Waals surface area contributed by atoms with E-state index >= 15 is 0 Å². The summed E-state index contributed by atoms with van der Waals surface area (Å²) in [7, 11) is -3.48. The van der Waals surface area contributed by atoms with E-state index in [1.807, 2.05) is 0 Å². The van der Waals surface area contributed by atoms with E-state index in [-0.39, 0.29) is 11.5 Å². The number of piperidine rings is 1. The van der Waals surface area contributed by atoms with Crippen LogP contribution in [-0.2, 0) is 10.0 Å². The Morgan fingerprint density at radius 2 is 1.79 bits per heavy atom. The third-order valence-corrected chi connectivity index (χ3v) is 8.10. The number of phenolic OH excluding ortho intramolecular Hbond substituents is 2. The van der Waals surface area contributed by atoms with Crippen molar-refractivity contribution in [2.75, 3.05) is 18.4 Å². The fourth-order valence-electron chi connectivity index (χ4n) is 3.12. The minimum absolute atomic E-state index is 0.216. The van der Waals surface area contributed by atoms with Crippen molar-refractivity contribution in [3.63, 3.8) is 0 Å². The minimum atomic E-state index is -3.48. The number of benzene rings is 1. The second-order valence-corrected chi connectivity index (χ2v) is 9.93. The number of aromatic hydroxyl groups is 2. The largest absolute Gasteiger partial charge is 0.504 e. The van der Waals surface area contributed by atoms with E-state index in [0.29, 0.717) is 34.6 Å². The lowest BCUT2D eigenvalue weighted by molar-refractivity contribution is 0.347. The van der Waals surface area contributed by atoms with Crippen LogP contribution < -0.4 is 5.32 Å². The molecule has 3 aromatic rings. The highest BCUT2D eigenvalue weighted by Crippen LogP contribution is 2.33. The number of aromatic nitrogens is 2. The van der Waals surface area contributed by atoms with E-state index in [4.69, 9.17) is 0 Å². The summed E-state index contributed by atoms with van der Waals surface area (Å²) in [5.74, 6) is -0.176. The molecule has 0 saturated carbocycles. The summed E-state index contributed by atoms with van der Waals surface area (Å²) in [5, 5.41) is 22.0. The van der Waals surface area contributed by atoms with Gasteiger partial charge in [-0.15, -0.1) is 11.3 Å². The van der Waals surface area contributed by atoms with Crippen molar-refractivity contribution in [2.45, 2.75) is 23.5 Å². The van der Waals surface area contributed by atoms with Gasteiger partial charge in [-0.3, -0.25) is 0 Å². The van der Waals surface area contributed by atoms with Gasteiger partial charge in [-0.25, -0.2) is 18.4 Å². The van der Waals surface area contributed by atoms with Gasteiger partial charge in [0.25, 0.3) is 10.0 Å². The summed E-state index contributed by atoms with van der Waals surface area (Å²) >= 11 is 1.19. The van der Waals surface area contributed by atoms with Crippen LogP contribution in [0.15, 0.2) is 46.8 Å². The van der Waals surface area contributed by atoms with Gasteiger partial charge in [-0.2, -0.15) is 4.31 Å². The van der Waals surface area contributed by atoms with Gasteiger partial charge >= 0.3 is 0 Å². The molecule has 0 atom stereocenters. The first-order chi connectivity index (χ1) is 13.9. The molecule has 29 heavy (non-hydrogen) atoms. The van der Waals surface area contributed by atoms with Gasteiger partial charge in [0.05, 0.1) is 10.6 Å². The van der Waals surface area contributed by atoms with Crippen LogP contribution in [0.2, 0.25) is 0 Å². The average Bonchev–Trinajstić information content (AvgIpc) is 3.23. The lowest BCUT2D eigenvalue weighted by atomic mass is 10.2. The van der Waals surface area contributed by atoms with Gasteiger partial charge in [0.2, 0.25) is 5.95 Å². The number of nitrogens with zero attached hydrogens (tertiary/aromatic N) is 3. The zero-order valence-corrected chi connectivity index (χ0v) is 17.1. The standard InChI is InChI=1S/C19H20N4O4S2/c24-15-5-4-13(12-16(15)25)21-19-20-9-8-14(22-19)17-6-7-18(28-17)29(26,27)23-10-2-1-3-11-23/h4-9,12,24-25H,1-3,10-11H2,(H,20,21,22). The van der Waals surface area contributed by atoms with Crippen molar-refractivity contribution in [1.82, 2.24) is 14.3 Å². The second-order valence-electron chi connectivity index (χ2n) is 6.68. The molecule has 4 rings (SSSR count). The zero-order valence-electron chi connectivity index (χ0n) is 15.4. The highest BCUT2D eigenvalue weighted by molar-refractivity contribution is 7.91. The van der Waals surface area contributed by atoms with Gasteiger partial charge in [0, 0.05) is 31.0 Å². The number of nitrogens with one attached hydrogen (secondary N) is 1. The molecule has 3 heterocycles. The number of hydrogen-bond acceptors (Lipinski definition) is 8. The molecule has 1 aliphatic rings. The smallest absolute Gasteiger partial charge is 0.252 e. The van der Waals surface area contributed by atoms with Crippen LogP contribution in [0.5, 0.6) is 11.5 Å². The Morgan fingerprint density at radius 1 is 1.00 bits per heavy atom. The van der Waals surface area contributed by atoms with Gasteiger partial charge in [0.1, 0.15) is 4.21 Å². The molecule has 2 aromatic heterocycles. The summed E-state index contributed by atoms with van der Waals surface area (Å²) in [6, 6.07) is 9.39. The van der Waals surface area contributed by atoms with Crippen molar-refractivity contribution in [2.24, 2.45) is 0 Å². The number of sulfonamides is 1. The molecule has 0 aliphatic carbocycles. The van der Waals surface area contributed by atoms with Crippen molar-refractivity contribution < 1.29 is 18.6 Å². The molecule has 152 valence electrons. The van der Waals surface area contributed by atoms with Crippen molar-refractivity contribution >= 4 is 33.0 Å². The highest BCUT2D eigenvalue weighted by atomic mass is 32.2. The summed E-state index contributed by atoms with van der Waals surface area (Å²) < 4.78 is 27.6. The Hall–Kier alpha value is -2.69. The molecule has 0 unspecified atom stereocenters.